The largest absolute Gasteiger partial charge is 0.544 e. The summed E-state index contributed by atoms with van der Waals surface area (Å²) >= 11 is 0. The first-order valence-corrected chi connectivity index (χ1v) is 14.0. The van der Waals surface area contributed by atoms with Gasteiger partial charge in [-0.3, -0.25) is 13.9 Å². The normalized spacial score (nSPS) is 19.8. The molecule has 4 atom stereocenters. The number of benzene rings is 1. The Morgan fingerprint density at radius 1 is 1.26 bits per heavy atom. The van der Waals surface area contributed by atoms with E-state index in [9.17, 15) is 9.69 Å². The molecule has 4 unspecified atom stereocenters. The number of nitrogens with two attached hydrogens (primary N) is 1. The van der Waals surface area contributed by atoms with Crippen LogP contribution in [0.1, 0.15) is 46.8 Å². The van der Waals surface area contributed by atoms with Gasteiger partial charge < -0.3 is 19.9 Å². The van der Waals surface area contributed by atoms with Crippen LogP contribution in [-0.2, 0) is 18.8 Å². The number of fused-ring (bicyclic) bond motifs is 1. The molecule has 3 aromatic rings. The van der Waals surface area contributed by atoms with Crippen molar-refractivity contribution in [2.75, 3.05) is 18.9 Å². The average molecular weight is 550 g/mol. The summed E-state index contributed by atoms with van der Waals surface area (Å²) in [6.07, 6.45) is 1.84. The van der Waals surface area contributed by atoms with Crippen LogP contribution in [0.3, 0.4) is 0 Å². The number of esters is 1. The van der Waals surface area contributed by atoms with Gasteiger partial charge >= 0.3 is 14.1 Å². The molecule has 1 saturated heterocycles. The fourth-order valence-corrected chi connectivity index (χ4v) is 5.45. The van der Waals surface area contributed by atoms with E-state index in [0.29, 0.717) is 42.2 Å². The maximum absolute atomic E-state index is 12.4. The number of anilines is 1. The van der Waals surface area contributed by atoms with Crippen LogP contribution in [0.25, 0.3) is 11.2 Å². The zero-order valence-electron chi connectivity index (χ0n) is 21.8. The molecular weight excluding hydrogens is 515 g/mol. The van der Waals surface area contributed by atoms with Crippen molar-refractivity contribution < 1.29 is 32.9 Å². The number of carbonyl (C=O) groups is 1. The Kier molecular flexibility index (Phi) is 8.95. The molecule has 206 valence electrons. The number of para-hydroxylation sites is 1. The molecule has 1 aliphatic heterocycles. The summed E-state index contributed by atoms with van der Waals surface area (Å²) in [5.41, 5.74) is 6.87. The Morgan fingerprint density at radius 2 is 2.03 bits per heavy atom. The van der Waals surface area contributed by atoms with Gasteiger partial charge in [0.05, 0.1) is 25.1 Å². The minimum Gasteiger partial charge on any atom is -0.476 e. The van der Waals surface area contributed by atoms with Crippen LogP contribution in [-0.4, -0.2) is 61.8 Å². The molecule has 13 nitrogen and oxygen atoms in total. The van der Waals surface area contributed by atoms with E-state index >= 15 is 0 Å². The molecule has 0 aliphatic carbocycles. The van der Waals surface area contributed by atoms with E-state index in [4.69, 9.17) is 29.0 Å². The number of nitrogens with zero attached hydrogens (tertiary/aromatic N) is 4. The third-order valence-corrected chi connectivity index (χ3v) is 7.22. The number of aromatic nitrogens is 4. The van der Waals surface area contributed by atoms with E-state index in [2.05, 4.69) is 20.0 Å². The van der Waals surface area contributed by atoms with E-state index in [1.165, 1.54) is 0 Å². The molecule has 3 heterocycles. The van der Waals surface area contributed by atoms with Crippen LogP contribution in [0.5, 0.6) is 11.6 Å². The molecule has 4 rings (SSSR count). The van der Waals surface area contributed by atoms with Gasteiger partial charge in [-0.2, -0.15) is 19.4 Å². The first-order chi connectivity index (χ1) is 18.2. The van der Waals surface area contributed by atoms with E-state index in [-0.39, 0.29) is 31.0 Å². The van der Waals surface area contributed by atoms with Gasteiger partial charge in [0.1, 0.15) is 18.9 Å². The molecule has 2 aromatic heterocycles. The molecule has 0 saturated carbocycles. The van der Waals surface area contributed by atoms with Gasteiger partial charge in [-0.25, -0.2) is 4.98 Å². The number of nitrogens with one attached hydrogen (secondary N) is 1. The third kappa shape index (κ3) is 6.86. The Labute approximate surface area is 221 Å². The molecule has 4 N–H and O–H groups in total. The van der Waals surface area contributed by atoms with E-state index < -0.39 is 20.1 Å². The highest BCUT2D eigenvalue weighted by Crippen LogP contribution is 2.53. The summed E-state index contributed by atoms with van der Waals surface area (Å²) in [4.78, 5) is 36.5. The summed E-state index contributed by atoms with van der Waals surface area (Å²) in [7, 11) is -3.74. The number of rotatable bonds is 12. The SMILES string of the molecule is CCOc1nc(N)nc2c1ncn2C1CCC(CO[P+](O)(NC(C)C(=O)OC(C)C)Oc2ccccc2)O1. The predicted molar refractivity (Wildman–Crippen MR) is 140 cm³/mol. The monoisotopic (exact) mass is 549 g/mol. The first-order valence-electron chi connectivity index (χ1n) is 12.4. The second-order valence-corrected chi connectivity index (χ2v) is 10.7. The van der Waals surface area contributed by atoms with Crippen molar-refractivity contribution in [3.05, 3.63) is 36.7 Å². The molecule has 0 bridgehead atoms. The van der Waals surface area contributed by atoms with Crippen LogP contribution in [0.4, 0.5) is 5.95 Å². The number of nitrogen functional groups attached to an aromatic ring is 1. The maximum Gasteiger partial charge on any atom is 0.544 e. The predicted octanol–water partition coefficient (Wildman–Crippen LogP) is 3.18. The topological polar surface area (TPSA) is 165 Å². The van der Waals surface area contributed by atoms with Crippen molar-refractivity contribution in [1.29, 1.82) is 0 Å². The number of imidazole rings is 1. The van der Waals surface area contributed by atoms with E-state index in [1.807, 2.05) is 13.0 Å². The van der Waals surface area contributed by atoms with Gasteiger partial charge in [-0.1, -0.05) is 23.3 Å². The lowest BCUT2D eigenvalue weighted by Crippen LogP contribution is -2.39. The Bertz CT molecular complexity index is 1230. The van der Waals surface area contributed by atoms with Gasteiger partial charge in [-0.05, 0) is 52.7 Å². The standard InChI is InChI=1S/C24H34N6O7P/c1-5-33-22-20-21(27-24(25)28-22)30(14-26-20)19-12-11-18(36-19)13-34-38(32,37-17-9-7-6-8-10-17)29-16(4)23(31)35-15(2)3/h6-10,14-16,18-19,29,32H,5,11-13H2,1-4H3,(H2,25,27,28)/q+1. The van der Waals surface area contributed by atoms with E-state index in [1.54, 1.807) is 55.9 Å². The number of hydrogen-bond acceptors (Lipinski definition) is 12. The van der Waals surface area contributed by atoms with Crippen molar-refractivity contribution in [3.63, 3.8) is 0 Å². The lowest BCUT2D eigenvalue weighted by Gasteiger charge is -2.22. The van der Waals surface area contributed by atoms with Gasteiger partial charge in [-0.15, -0.1) is 0 Å². The first kappa shape index (κ1) is 27.9. The van der Waals surface area contributed by atoms with E-state index in [0.717, 1.165) is 0 Å². The fraction of sp³-hybridized carbons (Fsp3) is 0.500. The lowest BCUT2D eigenvalue weighted by atomic mass is 10.2. The van der Waals surface area contributed by atoms with Crippen LogP contribution >= 0.6 is 8.09 Å². The zero-order chi connectivity index (χ0) is 27.3. The highest BCUT2D eigenvalue weighted by molar-refractivity contribution is 7.58. The Hall–Kier alpha value is -3.09. The quantitative estimate of drug-likeness (QED) is 0.223. The van der Waals surface area contributed by atoms with Crippen LogP contribution in [0.2, 0.25) is 0 Å². The molecule has 1 aliphatic rings. The van der Waals surface area contributed by atoms with Gasteiger partial charge in [0.25, 0.3) is 0 Å². The number of carbonyl (C=O) groups excluding carboxylic acids is 1. The summed E-state index contributed by atoms with van der Waals surface area (Å²) in [6, 6.07) is 7.85. The molecule has 0 spiro atoms. The van der Waals surface area contributed by atoms with Crippen LogP contribution in [0, 0.1) is 0 Å². The highest BCUT2D eigenvalue weighted by atomic mass is 31.2. The zero-order valence-corrected chi connectivity index (χ0v) is 22.7. The molecule has 1 fully saturated rings. The molecule has 0 radical (unpaired) electrons. The van der Waals surface area contributed by atoms with Gasteiger partial charge in [0, 0.05) is 0 Å². The summed E-state index contributed by atoms with van der Waals surface area (Å²) in [5, 5.41) is 2.79. The summed E-state index contributed by atoms with van der Waals surface area (Å²) in [6.45, 7) is 7.34. The van der Waals surface area contributed by atoms with Crippen molar-refractivity contribution >= 4 is 31.2 Å². The second kappa shape index (κ2) is 12.2. The smallest absolute Gasteiger partial charge is 0.476 e. The summed E-state index contributed by atoms with van der Waals surface area (Å²) < 4.78 is 30.4. The van der Waals surface area contributed by atoms with Gasteiger partial charge in [0.2, 0.25) is 11.8 Å². The third-order valence-electron chi connectivity index (χ3n) is 5.55. The molecular formula is C24H34N6O7P+. The lowest BCUT2D eigenvalue weighted by molar-refractivity contribution is -0.149. The van der Waals surface area contributed by atoms with Crippen LogP contribution < -0.4 is 20.1 Å². The molecule has 1 aromatic carbocycles. The molecule has 0 amide bonds. The second-order valence-electron chi connectivity index (χ2n) is 8.99. The van der Waals surface area contributed by atoms with Crippen molar-refractivity contribution in [2.45, 2.75) is 65.0 Å². The molecule has 38 heavy (non-hydrogen) atoms. The molecule has 14 heteroatoms. The average Bonchev–Trinajstić information content (AvgIpc) is 3.50. The van der Waals surface area contributed by atoms with Crippen molar-refractivity contribution in [2.24, 2.45) is 0 Å². The maximum atomic E-state index is 12.4. The minimum absolute atomic E-state index is 0.0144. The number of ether oxygens (including phenoxy) is 3. The Balaban J connectivity index is 1.44. The Morgan fingerprint density at radius 3 is 2.74 bits per heavy atom. The minimum atomic E-state index is -3.74. The highest BCUT2D eigenvalue weighted by Gasteiger charge is 2.48. The number of hydrogen-bond donors (Lipinski definition) is 3. The van der Waals surface area contributed by atoms with Gasteiger partial charge in [0.15, 0.2) is 16.9 Å². The van der Waals surface area contributed by atoms with Crippen LogP contribution in [0.15, 0.2) is 36.7 Å². The summed E-state index contributed by atoms with van der Waals surface area (Å²) in [5.74, 6) is 0.244. The fourth-order valence-electron chi connectivity index (χ4n) is 3.90. The van der Waals surface area contributed by atoms with Crippen molar-refractivity contribution in [1.82, 2.24) is 24.6 Å². The van der Waals surface area contributed by atoms with Crippen molar-refractivity contribution in [3.8, 4) is 11.6 Å².